The molecule has 0 unspecified atom stereocenters. The van der Waals surface area contributed by atoms with Gasteiger partial charge in [-0.25, -0.2) is 0 Å². The SMILES string of the molecule is COC(=O)CC[C@H]1C=CCC2=C1C(=O)[C@@]1(O)OC[C@H]3C=CC[C@@H]2[C@]31C(=O)OC. The van der Waals surface area contributed by atoms with Crippen LogP contribution in [0.1, 0.15) is 25.7 Å². The number of ketones is 1. The van der Waals surface area contributed by atoms with Crippen molar-refractivity contribution < 1.29 is 33.7 Å². The smallest absolute Gasteiger partial charge is 0.319 e. The molecule has 0 spiro atoms. The van der Waals surface area contributed by atoms with Crippen LogP contribution in [0.15, 0.2) is 35.5 Å². The van der Waals surface area contributed by atoms with Crippen molar-refractivity contribution in [1.82, 2.24) is 0 Å². The molecule has 1 saturated heterocycles. The van der Waals surface area contributed by atoms with Gasteiger partial charge < -0.3 is 19.3 Å². The zero-order valence-electron chi connectivity index (χ0n) is 16.0. The number of carbonyl (C=O) groups is 3. The Morgan fingerprint density at radius 1 is 1.25 bits per heavy atom. The molecule has 0 radical (unpaired) electrons. The normalized spacial score (nSPS) is 38.1. The Kier molecular flexibility index (Phi) is 4.55. The highest BCUT2D eigenvalue weighted by atomic mass is 16.6. The fourth-order valence-corrected chi connectivity index (χ4v) is 5.50. The lowest BCUT2D eigenvalue weighted by Crippen LogP contribution is -2.66. The standard InChI is InChI=1S/C21H24O7/c1-26-16(22)10-9-12-5-3-7-14-15-8-4-6-13-11-28-21(25,18(23)17(12)14)20(13,15)19(24)27-2/h3-6,12-13,15,25H,7-11H2,1-2H3/t12-,13-,15+,20+,21-/m1/s1. The number of methoxy groups -OCH3 is 2. The topological polar surface area (TPSA) is 99.1 Å². The summed E-state index contributed by atoms with van der Waals surface area (Å²) in [6, 6.07) is 0. The van der Waals surface area contributed by atoms with E-state index in [1.54, 1.807) is 0 Å². The van der Waals surface area contributed by atoms with Crippen LogP contribution in [0, 0.1) is 23.2 Å². The molecule has 1 N–H and O–H groups in total. The fourth-order valence-electron chi connectivity index (χ4n) is 5.50. The second kappa shape index (κ2) is 6.67. The van der Waals surface area contributed by atoms with Crippen molar-refractivity contribution in [2.75, 3.05) is 20.8 Å². The Labute approximate surface area is 163 Å². The quantitative estimate of drug-likeness (QED) is 0.575. The van der Waals surface area contributed by atoms with Crippen molar-refractivity contribution in [1.29, 1.82) is 0 Å². The van der Waals surface area contributed by atoms with Crippen molar-refractivity contribution in [2.24, 2.45) is 23.2 Å². The summed E-state index contributed by atoms with van der Waals surface area (Å²) in [7, 11) is 2.59. The number of hydrogen-bond acceptors (Lipinski definition) is 7. The predicted octanol–water partition coefficient (Wildman–Crippen LogP) is 1.47. The van der Waals surface area contributed by atoms with Gasteiger partial charge in [0.1, 0.15) is 5.41 Å². The van der Waals surface area contributed by atoms with Crippen LogP contribution in [0.2, 0.25) is 0 Å². The van der Waals surface area contributed by atoms with Crippen LogP contribution < -0.4 is 0 Å². The van der Waals surface area contributed by atoms with Gasteiger partial charge in [-0.3, -0.25) is 14.4 Å². The monoisotopic (exact) mass is 388 g/mol. The first kappa shape index (κ1) is 19.1. The molecule has 4 aliphatic rings. The molecule has 3 aliphatic carbocycles. The Morgan fingerprint density at radius 2 is 2.04 bits per heavy atom. The van der Waals surface area contributed by atoms with E-state index in [9.17, 15) is 19.5 Å². The van der Waals surface area contributed by atoms with E-state index in [2.05, 4.69) is 0 Å². The lowest BCUT2D eigenvalue weighted by atomic mass is 9.51. The Morgan fingerprint density at radius 3 is 2.75 bits per heavy atom. The summed E-state index contributed by atoms with van der Waals surface area (Å²) in [5.41, 5.74) is -0.156. The number of Topliss-reactive ketones (excluding diaryl/α,β-unsaturated/α-hetero) is 1. The molecule has 0 bridgehead atoms. The molecule has 0 aromatic heterocycles. The molecular formula is C21H24O7. The number of allylic oxidation sites excluding steroid dienone is 4. The van der Waals surface area contributed by atoms with E-state index >= 15 is 0 Å². The lowest BCUT2D eigenvalue weighted by molar-refractivity contribution is -0.237. The minimum absolute atomic E-state index is 0.0746. The van der Waals surface area contributed by atoms with Gasteiger partial charge in [0.25, 0.3) is 0 Å². The van der Waals surface area contributed by atoms with Gasteiger partial charge in [-0.2, -0.15) is 0 Å². The highest BCUT2D eigenvalue weighted by molar-refractivity contribution is 6.08. The van der Waals surface area contributed by atoms with Gasteiger partial charge in [-0.1, -0.05) is 29.9 Å². The number of rotatable bonds is 4. The second-order valence-electron chi connectivity index (χ2n) is 7.76. The van der Waals surface area contributed by atoms with Crippen LogP contribution >= 0.6 is 0 Å². The molecule has 7 heteroatoms. The maximum Gasteiger partial charge on any atom is 0.319 e. The largest absolute Gasteiger partial charge is 0.469 e. The van der Waals surface area contributed by atoms with Gasteiger partial charge in [0, 0.05) is 29.7 Å². The van der Waals surface area contributed by atoms with Crippen molar-refractivity contribution in [3.63, 3.8) is 0 Å². The minimum Gasteiger partial charge on any atom is -0.469 e. The highest BCUT2D eigenvalue weighted by Crippen LogP contribution is 2.63. The molecule has 0 aromatic carbocycles. The Hall–Kier alpha value is -2.25. The van der Waals surface area contributed by atoms with Gasteiger partial charge >= 0.3 is 11.9 Å². The molecule has 4 rings (SSSR count). The third-order valence-electron chi connectivity index (χ3n) is 6.71. The van der Waals surface area contributed by atoms with Crippen molar-refractivity contribution in [3.05, 3.63) is 35.5 Å². The van der Waals surface area contributed by atoms with Gasteiger partial charge in [-0.15, -0.1) is 0 Å². The molecule has 5 atom stereocenters. The summed E-state index contributed by atoms with van der Waals surface area (Å²) in [5, 5.41) is 11.5. The van der Waals surface area contributed by atoms with E-state index in [4.69, 9.17) is 14.2 Å². The summed E-state index contributed by atoms with van der Waals surface area (Å²) < 4.78 is 15.4. The van der Waals surface area contributed by atoms with E-state index in [1.807, 2.05) is 24.3 Å². The molecule has 1 fully saturated rings. The maximum absolute atomic E-state index is 13.5. The highest BCUT2D eigenvalue weighted by Gasteiger charge is 2.76. The molecule has 0 amide bonds. The number of fused-ring (bicyclic) bond motifs is 1. The van der Waals surface area contributed by atoms with Crippen LogP contribution in [0.25, 0.3) is 0 Å². The first-order valence-electron chi connectivity index (χ1n) is 9.54. The zero-order chi connectivity index (χ0) is 20.1. The first-order valence-corrected chi connectivity index (χ1v) is 9.54. The molecule has 7 nitrogen and oxygen atoms in total. The molecule has 1 heterocycles. The third kappa shape index (κ3) is 2.26. The third-order valence-corrected chi connectivity index (χ3v) is 6.71. The van der Waals surface area contributed by atoms with Gasteiger partial charge in [0.15, 0.2) is 0 Å². The fraction of sp³-hybridized carbons (Fsp3) is 0.571. The van der Waals surface area contributed by atoms with Crippen LogP contribution in [0.3, 0.4) is 0 Å². The number of esters is 2. The summed E-state index contributed by atoms with van der Waals surface area (Å²) >= 11 is 0. The number of aliphatic hydroxyl groups is 1. The number of carbonyl (C=O) groups excluding carboxylic acids is 3. The van der Waals surface area contributed by atoms with E-state index in [-0.39, 0.29) is 30.8 Å². The maximum atomic E-state index is 13.5. The van der Waals surface area contributed by atoms with E-state index in [0.717, 1.165) is 5.57 Å². The van der Waals surface area contributed by atoms with Gasteiger partial charge in [0.2, 0.25) is 11.6 Å². The van der Waals surface area contributed by atoms with Gasteiger partial charge in [-0.05, 0) is 19.3 Å². The Bertz CT molecular complexity index is 823. The molecule has 0 aromatic rings. The van der Waals surface area contributed by atoms with Crippen molar-refractivity contribution in [3.8, 4) is 0 Å². The molecule has 1 aliphatic heterocycles. The summed E-state index contributed by atoms with van der Waals surface area (Å²) in [6.45, 7) is 0.0746. The summed E-state index contributed by atoms with van der Waals surface area (Å²) in [4.78, 5) is 38.1. The van der Waals surface area contributed by atoms with Gasteiger partial charge in [0.05, 0.1) is 20.8 Å². The predicted molar refractivity (Wildman–Crippen MR) is 96.6 cm³/mol. The minimum atomic E-state index is -2.26. The molecule has 0 saturated carbocycles. The lowest BCUT2D eigenvalue weighted by Gasteiger charge is -2.51. The molecular weight excluding hydrogens is 364 g/mol. The molecule has 150 valence electrons. The summed E-state index contributed by atoms with van der Waals surface area (Å²) in [6.07, 6.45) is 9.26. The van der Waals surface area contributed by atoms with E-state index in [1.165, 1.54) is 14.2 Å². The average molecular weight is 388 g/mol. The average Bonchev–Trinajstić information content (AvgIpc) is 3.04. The second-order valence-corrected chi connectivity index (χ2v) is 7.76. The zero-order valence-corrected chi connectivity index (χ0v) is 16.0. The number of hydrogen-bond donors (Lipinski definition) is 1. The summed E-state index contributed by atoms with van der Waals surface area (Å²) in [5.74, 6) is -4.96. The van der Waals surface area contributed by atoms with Crippen LogP contribution in [-0.4, -0.2) is 49.4 Å². The van der Waals surface area contributed by atoms with E-state index < -0.39 is 28.9 Å². The van der Waals surface area contributed by atoms with E-state index in [0.29, 0.717) is 24.8 Å². The molecule has 28 heavy (non-hydrogen) atoms. The van der Waals surface area contributed by atoms with Crippen molar-refractivity contribution >= 4 is 17.7 Å². The first-order chi connectivity index (χ1) is 13.4. The van der Waals surface area contributed by atoms with Crippen molar-refractivity contribution in [2.45, 2.75) is 31.5 Å². The van der Waals surface area contributed by atoms with Crippen LogP contribution in [0.5, 0.6) is 0 Å². The van der Waals surface area contributed by atoms with Crippen LogP contribution in [0.4, 0.5) is 0 Å². The number of ether oxygens (including phenoxy) is 3. The van der Waals surface area contributed by atoms with Crippen LogP contribution in [-0.2, 0) is 28.6 Å². The Balaban J connectivity index is 1.83.